The zero-order chi connectivity index (χ0) is 19.5. The number of rotatable bonds is 6. The van der Waals surface area contributed by atoms with Gasteiger partial charge in [0, 0.05) is 12.6 Å². The van der Waals surface area contributed by atoms with E-state index >= 15 is 0 Å². The van der Waals surface area contributed by atoms with Crippen LogP contribution in [0.15, 0.2) is 24.3 Å². The van der Waals surface area contributed by atoms with Gasteiger partial charge in [-0.05, 0) is 31.4 Å². The molecule has 1 aliphatic carbocycles. The smallest absolute Gasteiger partial charge is 0.257 e. The molecule has 1 amide bonds. The molecule has 3 N–H and O–H groups in total. The number of para-hydroxylation sites is 2. The third-order valence-electron chi connectivity index (χ3n) is 5.77. The molecule has 6 heteroatoms. The van der Waals surface area contributed by atoms with Crippen LogP contribution >= 0.6 is 0 Å². The zero-order valence-electron chi connectivity index (χ0n) is 16.6. The zero-order valence-corrected chi connectivity index (χ0v) is 16.6. The Balaban J connectivity index is 1.81. The number of nitrogens with zero attached hydrogens (tertiary/aromatic N) is 3. The molecular formula is C22H29N5O. The fraction of sp³-hybridized carbons (Fsp3) is 0.500. The standard InChI is InChI=1S/C22H29N5O/c1-2-3-9-14-24-22(28)18-19-21(26-17-13-8-7-12-16(17)25-19)27(20(18)23)15-10-5-4-6-11-15/h7-8,12-13,15H,2-6,9-11,14,23H2,1H3,(H,24,28). The molecule has 28 heavy (non-hydrogen) atoms. The van der Waals surface area contributed by atoms with Gasteiger partial charge < -0.3 is 15.6 Å². The van der Waals surface area contributed by atoms with Crippen molar-refractivity contribution in [2.75, 3.05) is 12.3 Å². The Morgan fingerprint density at radius 2 is 1.86 bits per heavy atom. The minimum atomic E-state index is -0.141. The second-order valence-corrected chi connectivity index (χ2v) is 7.77. The summed E-state index contributed by atoms with van der Waals surface area (Å²) in [4.78, 5) is 22.7. The van der Waals surface area contributed by atoms with Gasteiger partial charge in [-0.15, -0.1) is 0 Å². The summed E-state index contributed by atoms with van der Waals surface area (Å²) in [6, 6.07) is 8.07. The van der Waals surface area contributed by atoms with Crippen LogP contribution < -0.4 is 11.1 Å². The predicted octanol–water partition coefficient (Wildman–Crippen LogP) is 4.59. The minimum absolute atomic E-state index is 0.141. The number of unbranched alkanes of at least 4 members (excludes halogenated alkanes) is 2. The number of hydrogen-bond acceptors (Lipinski definition) is 4. The lowest BCUT2D eigenvalue weighted by atomic mass is 9.95. The summed E-state index contributed by atoms with van der Waals surface area (Å²) in [6.45, 7) is 2.81. The van der Waals surface area contributed by atoms with Gasteiger partial charge >= 0.3 is 0 Å². The number of nitrogens with one attached hydrogen (secondary N) is 1. The molecule has 148 valence electrons. The minimum Gasteiger partial charge on any atom is -0.384 e. The van der Waals surface area contributed by atoms with Crippen LogP contribution in [0.3, 0.4) is 0 Å². The van der Waals surface area contributed by atoms with Gasteiger partial charge in [-0.3, -0.25) is 4.79 Å². The highest BCUT2D eigenvalue weighted by Gasteiger charge is 2.28. The average Bonchev–Trinajstić information content (AvgIpc) is 3.00. The third kappa shape index (κ3) is 3.43. The summed E-state index contributed by atoms with van der Waals surface area (Å²) >= 11 is 0. The lowest BCUT2D eigenvalue weighted by Gasteiger charge is -2.25. The highest BCUT2D eigenvalue weighted by Crippen LogP contribution is 2.36. The second kappa shape index (κ2) is 8.17. The first kappa shape index (κ1) is 18.7. The molecule has 0 spiro atoms. The number of carbonyl (C=O) groups is 1. The normalized spacial score (nSPS) is 15.3. The molecule has 1 fully saturated rings. The molecule has 0 bridgehead atoms. The highest BCUT2D eigenvalue weighted by atomic mass is 16.1. The van der Waals surface area contributed by atoms with Gasteiger partial charge in [0.2, 0.25) is 0 Å². The first-order valence-corrected chi connectivity index (χ1v) is 10.5. The van der Waals surface area contributed by atoms with Crippen LogP contribution in [0.4, 0.5) is 5.82 Å². The second-order valence-electron chi connectivity index (χ2n) is 7.77. The topological polar surface area (TPSA) is 85.8 Å². The van der Waals surface area contributed by atoms with Gasteiger partial charge in [0.1, 0.15) is 16.9 Å². The maximum absolute atomic E-state index is 13.0. The summed E-state index contributed by atoms with van der Waals surface area (Å²) < 4.78 is 2.08. The Morgan fingerprint density at radius 1 is 1.14 bits per heavy atom. The number of amides is 1. The number of carbonyl (C=O) groups excluding carboxylic acids is 1. The highest BCUT2D eigenvalue weighted by molar-refractivity contribution is 6.10. The molecule has 6 nitrogen and oxygen atoms in total. The largest absolute Gasteiger partial charge is 0.384 e. The van der Waals surface area contributed by atoms with Crippen LogP contribution in [0, 0.1) is 0 Å². The fourth-order valence-electron chi connectivity index (χ4n) is 4.28. The van der Waals surface area contributed by atoms with Crippen LogP contribution in [-0.4, -0.2) is 27.0 Å². The SMILES string of the molecule is CCCCCNC(=O)c1c(N)n(C2CCCCC2)c2nc3ccccc3nc12. The molecule has 0 unspecified atom stereocenters. The maximum Gasteiger partial charge on any atom is 0.257 e. The quantitative estimate of drug-likeness (QED) is 0.613. The van der Waals surface area contributed by atoms with Gasteiger partial charge in [0.05, 0.1) is 11.0 Å². The summed E-state index contributed by atoms with van der Waals surface area (Å²) in [5.74, 6) is 0.364. The van der Waals surface area contributed by atoms with E-state index in [1.165, 1.54) is 19.3 Å². The van der Waals surface area contributed by atoms with Crippen molar-refractivity contribution in [1.29, 1.82) is 0 Å². The monoisotopic (exact) mass is 379 g/mol. The van der Waals surface area contributed by atoms with E-state index in [0.717, 1.165) is 48.8 Å². The molecule has 0 atom stereocenters. The van der Waals surface area contributed by atoms with E-state index in [1.807, 2.05) is 24.3 Å². The molecule has 1 saturated carbocycles. The van der Waals surface area contributed by atoms with Crippen LogP contribution in [-0.2, 0) is 0 Å². The molecule has 2 aromatic heterocycles. The van der Waals surface area contributed by atoms with Crippen LogP contribution in [0.25, 0.3) is 22.2 Å². The van der Waals surface area contributed by atoms with E-state index in [4.69, 9.17) is 15.7 Å². The first-order chi connectivity index (χ1) is 13.7. The van der Waals surface area contributed by atoms with Crippen molar-refractivity contribution in [2.24, 2.45) is 0 Å². The van der Waals surface area contributed by atoms with Crippen molar-refractivity contribution in [3.63, 3.8) is 0 Å². The summed E-state index contributed by atoms with van der Waals surface area (Å²) in [6.07, 6.45) is 8.96. The number of anilines is 1. The summed E-state index contributed by atoms with van der Waals surface area (Å²) in [5.41, 5.74) is 10.0. The van der Waals surface area contributed by atoms with E-state index in [2.05, 4.69) is 16.8 Å². The molecule has 3 aromatic rings. The maximum atomic E-state index is 13.0. The molecule has 0 aliphatic heterocycles. The first-order valence-electron chi connectivity index (χ1n) is 10.5. The Morgan fingerprint density at radius 3 is 2.57 bits per heavy atom. The van der Waals surface area contributed by atoms with Gasteiger partial charge in [-0.2, -0.15) is 0 Å². The van der Waals surface area contributed by atoms with Crippen LogP contribution in [0.1, 0.15) is 74.7 Å². The van der Waals surface area contributed by atoms with E-state index in [1.54, 1.807) is 0 Å². The van der Waals surface area contributed by atoms with Crippen molar-refractivity contribution in [1.82, 2.24) is 19.9 Å². The van der Waals surface area contributed by atoms with E-state index in [-0.39, 0.29) is 11.9 Å². The number of hydrogen-bond donors (Lipinski definition) is 2. The number of fused-ring (bicyclic) bond motifs is 2. The predicted molar refractivity (Wildman–Crippen MR) is 113 cm³/mol. The average molecular weight is 380 g/mol. The van der Waals surface area contributed by atoms with E-state index < -0.39 is 0 Å². The van der Waals surface area contributed by atoms with Crippen molar-refractivity contribution in [3.05, 3.63) is 29.8 Å². The molecule has 1 aliphatic rings. The molecular weight excluding hydrogens is 350 g/mol. The molecule has 4 rings (SSSR count). The lowest BCUT2D eigenvalue weighted by molar-refractivity contribution is 0.0955. The molecule has 0 saturated heterocycles. The Bertz CT molecular complexity index is 987. The Kier molecular flexibility index (Phi) is 5.46. The van der Waals surface area contributed by atoms with Gasteiger partial charge in [0.15, 0.2) is 5.65 Å². The van der Waals surface area contributed by atoms with E-state index in [9.17, 15) is 4.79 Å². The number of nitrogen functional groups attached to an aromatic ring is 1. The molecule has 0 radical (unpaired) electrons. The van der Waals surface area contributed by atoms with Gasteiger partial charge in [-0.25, -0.2) is 9.97 Å². The fourth-order valence-corrected chi connectivity index (χ4v) is 4.28. The van der Waals surface area contributed by atoms with Crippen LogP contribution in [0.5, 0.6) is 0 Å². The number of aromatic nitrogens is 3. The lowest BCUT2D eigenvalue weighted by Crippen LogP contribution is -2.25. The summed E-state index contributed by atoms with van der Waals surface area (Å²) in [7, 11) is 0. The van der Waals surface area contributed by atoms with Crippen molar-refractivity contribution < 1.29 is 4.79 Å². The number of benzene rings is 1. The third-order valence-corrected chi connectivity index (χ3v) is 5.77. The Hall–Kier alpha value is -2.63. The van der Waals surface area contributed by atoms with Crippen molar-refractivity contribution in [3.8, 4) is 0 Å². The molecule has 1 aromatic carbocycles. The summed E-state index contributed by atoms with van der Waals surface area (Å²) in [5, 5.41) is 3.03. The van der Waals surface area contributed by atoms with E-state index in [0.29, 0.717) is 23.4 Å². The number of nitrogens with two attached hydrogens (primary N) is 1. The van der Waals surface area contributed by atoms with Gasteiger partial charge in [0.25, 0.3) is 5.91 Å². The molecule has 2 heterocycles. The van der Waals surface area contributed by atoms with Crippen molar-refractivity contribution >= 4 is 33.9 Å². The van der Waals surface area contributed by atoms with Crippen LogP contribution in [0.2, 0.25) is 0 Å². The van der Waals surface area contributed by atoms with Crippen molar-refractivity contribution in [2.45, 2.75) is 64.3 Å². The Labute approximate surface area is 165 Å². The van der Waals surface area contributed by atoms with Gasteiger partial charge in [-0.1, -0.05) is 51.2 Å².